The van der Waals surface area contributed by atoms with E-state index in [0.29, 0.717) is 25.0 Å². The molecule has 2 N–H and O–H groups in total. The van der Waals surface area contributed by atoms with Crippen LogP contribution < -0.4 is 15.4 Å². The number of hydrogen-bond donors (Lipinski definition) is 2. The van der Waals surface area contributed by atoms with E-state index in [-0.39, 0.29) is 17.5 Å². The molecule has 25 heavy (non-hydrogen) atoms. The molecule has 138 valence electrons. The summed E-state index contributed by atoms with van der Waals surface area (Å²) in [5.74, 6) is 1.97. The Morgan fingerprint density at radius 3 is 2.68 bits per heavy atom. The molecule has 1 unspecified atom stereocenters. The second-order valence-corrected chi connectivity index (χ2v) is 9.03. The van der Waals surface area contributed by atoms with Crippen LogP contribution in [0.4, 0.5) is 0 Å². The number of aliphatic imine (C=N–C) groups is 1. The fourth-order valence-electron chi connectivity index (χ4n) is 3.43. The van der Waals surface area contributed by atoms with Gasteiger partial charge < -0.3 is 15.4 Å². The first-order chi connectivity index (χ1) is 12.1. The van der Waals surface area contributed by atoms with Gasteiger partial charge in [-0.1, -0.05) is 18.2 Å². The molecule has 0 radical (unpaired) electrons. The number of nitrogens with one attached hydrogen (secondary N) is 2. The second kappa shape index (κ2) is 8.08. The third-order valence-corrected chi connectivity index (χ3v) is 6.58. The lowest BCUT2D eigenvalue weighted by molar-refractivity contribution is 0.208. The predicted octanol–water partition coefficient (Wildman–Crippen LogP) is 1.86. The van der Waals surface area contributed by atoms with Gasteiger partial charge in [0.05, 0.1) is 17.6 Å². The fourth-order valence-corrected chi connectivity index (χ4v) is 5.10. The number of para-hydroxylation sites is 1. The number of nitrogens with zero attached hydrogens (tertiary/aromatic N) is 1. The summed E-state index contributed by atoms with van der Waals surface area (Å²) in [5.41, 5.74) is 1.08. The lowest BCUT2D eigenvalue weighted by Crippen LogP contribution is -2.43. The molecule has 1 aromatic carbocycles. The van der Waals surface area contributed by atoms with E-state index in [1.54, 1.807) is 7.05 Å². The van der Waals surface area contributed by atoms with Gasteiger partial charge in [0, 0.05) is 25.2 Å². The van der Waals surface area contributed by atoms with Crippen molar-refractivity contribution in [2.75, 3.05) is 18.6 Å². The lowest BCUT2D eigenvalue weighted by atomic mass is 10.2. The molecule has 1 aliphatic carbocycles. The van der Waals surface area contributed by atoms with Crippen molar-refractivity contribution in [1.82, 2.24) is 10.6 Å². The maximum absolute atomic E-state index is 11.6. The zero-order valence-corrected chi connectivity index (χ0v) is 15.5. The van der Waals surface area contributed by atoms with Crippen LogP contribution in [0.5, 0.6) is 5.75 Å². The highest BCUT2D eigenvalue weighted by Crippen LogP contribution is 2.26. The Balaban J connectivity index is 1.56. The Labute approximate surface area is 150 Å². The van der Waals surface area contributed by atoms with Crippen LogP contribution in [-0.4, -0.2) is 45.1 Å². The first-order valence-corrected chi connectivity index (χ1v) is 10.8. The van der Waals surface area contributed by atoms with Crippen molar-refractivity contribution in [2.45, 2.75) is 50.8 Å². The number of hydrogen-bond acceptors (Lipinski definition) is 4. The summed E-state index contributed by atoms with van der Waals surface area (Å²) in [7, 11) is -1.21. The quantitative estimate of drug-likeness (QED) is 0.615. The molecule has 1 aliphatic heterocycles. The van der Waals surface area contributed by atoms with Crippen molar-refractivity contribution >= 4 is 15.8 Å². The van der Waals surface area contributed by atoms with Gasteiger partial charge >= 0.3 is 0 Å². The minimum absolute atomic E-state index is 0.0683. The number of rotatable bonds is 5. The van der Waals surface area contributed by atoms with E-state index in [9.17, 15) is 8.42 Å². The molecule has 0 aromatic heterocycles. The first kappa shape index (κ1) is 18.0. The van der Waals surface area contributed by atoms with E-state index in [4.69, 9.17) is 4.74 Å². The topological polar surface area (TPSA) is 79.8 Å². The van der Waals surface area contributed by atoms with Gasteiger partial charge in [-0.15, -0.1) is 0 Å². The van der Waals surface area contributed by atoms with Crippen LogP contribution in [0.15, 0.2) is 29.3 Å². The van der Waals surface area contributed by atoms with Gasteiger partial charge in [0.15, 0.2) is 15.8 Å². The summed E-state index contributed by atoms with van der Waals surface area (Å²) < 4.78 is 29.3. The van der Waals surface area contributed by atoms with E-state index in [0.717, 1.165) is 24.2 Å². The molecule has 1 saturated carbocycles. The number of benzene rings is 1. The summed E-state index contributed by atoms with van der Waals surface area (Å²) >= 11 is 0. The predicted molar refractivity (Wildman–Crippen MR) is 99.7 cm³/mol. The Hall–Kier alpha value is -1.76. The van der Waals surface area contributed by atoms with Gasteiger partial charge in [-0.3, -0.25) is 4.99 Å². The molecular weight excluding hydrogens is 338 g/mol. The van der Waals surface area contributed by atoms with E-state index >= 15 is 0 Å². The summed E-state index contributed by atoms with van der Waals surface area (Å²) in [6, 6.07) is 7.98. The van der Waals surface area contributed by atoms with Crippen LogP contribution >= 0.6 is 0 Å². The highest BCUT2D eigenvalue weighted by atomic mass is 32.2. The molecule has 0 amide bonds. The van der Waals surface area contributed by atoms with Gasteiger partial charge in [0.25, 0.3) is 0 Å². The minimum Gasteiger partial charge on any atom is -0.490 e. The largest absolute Gasteiger partial charge is 0.490 e. The highest BCUT2D eigenvalue weighted by Gasteiger charge is 2.28. The molecule has 1 heterocycles. The zero-order chi connectivity index (χ0) is 17.7. The summed E-state index contributed by atoms with van der Waals surface area (Å²) in [6.45, 7) is 0.585. The lowest BCUT2D eigenvalue weighted by Gasteiger charge is -2.19. The molecule has 0 spiro atoms. The number of sulfone groups is 1. The van der Waals surface area contributed by atoms with E-state index in [2.05, 4.69) is 15.6 Å². The third-order valence-electron chi connectivity index (χ3n) is 4.81. The monoisotopic (exact) mass is 365 g/mol. The maximum Gasteiger partial charge on any atom is 0.191 e. The van der Waals surface area contributed by atoms with Crippen molar-refractivity contribution < 1.29 is 13.2 Å². The van der Waals surface area contributed by atoms with Gasteiger partial charge in [-0.25, -0.2) is 8.42 Å². The Kier molecular flexibility index (Phi) is 5.83. The molecule has 3 rings (SSSR count). The maximum atomic E-state index is 11.6. The molecule has 6 nitrogen and oxygen atoms in total. The van der Waals surface area contributed by atoms with E-state index in [1.165, 1.54) is 12.8 Å². The van der Waals surface area contributed by atoms with Gasteiger partial charge in [0.1, 0.15) is 5.75 Å². The molecule has 1 atom stereocenters. The normalized spacial score (nSPS) is 23.6. The third kappa shape index (κ3) is 5.11. The average molecular weight is 365 g/mol. The second-order valence-electron chi connectivity index (χ2n) is 6.80. The molecule has 2 fully saturated rings. The van der Waals surface area contributed by atoms with Crippen LogP contribution in [0.25, 0.3) is 0 Å². The summed E-state index contributed by atoms with van der Waals surface area (Å²) in [6.07, 6.45) is 5.69. The number of ether oxygens (including phenoxy) is 1. The first-order valence-electron chi connectivity index (χ1n) is 8.98. The van der Waals surface area contributed by atoms with Crippen LogP contribution in [0.2, 0.25) is 0 Å². The standard InChI is InChI=1S/C18H27N3O3S/c1-19-18(21-15-10-11-25(22,23)13-15)20-12-14-6-2-5-9-17(14)24-16-7-3-4-8-16/h2,5-6,9,15-16H,3-4,7-8,10-13H2,1H3,(H2,19,20,21). The van der Waals surface area contributed by atoms with E-state index < -0.39 is 9.84 Å². The van der Waals surface area contributed by atoms with Crippen molar-refractivity contribution in [1.29, 1.82) is 0 Å². The Morgan fingerprint density at radius 2 is 2.00 bits per heavy atom. The molecule has 1 aromatic rings. The SMILES string of the molecule is CN=C(NCc1ccccc1OC1CCCC1)NC1CCS(=O)(=O)C1. The average Bonchev–Trinajstić information content (AvgIpc) is 3.22. The minimum atomic E-state index is -2.90. The summed E-state index contributed by atoms with van der Waals surface area (Å²) in [4.78, 5) is 4.21. The van der Waals surface area contributed by atoms with Crippen LogP contribution in [0.1, 0.15) is 37.7 Å². The smallest absolute Gasteiger partial charge is 0.191 e. The molecular formula is C18H27N3O3S. The van der Waals surface area contributed by atoms with Crippen molar-refractivity contribution in [3.05, 3.63) is 29.8 Å². The van der Waals surface area contributed by atoms with Gasteiger partial charge in [-0.2, -0.15) is 0 Å². The summed E-state index contributed by atoms with van der Waals surface area (Å²) in [5, 5.41) is 6.47. The fraction of sp³-hybridized carbons (Fsp3) is 0.611. The molecule has 7 heteroatoms. The molecule has 0 bridgehead atoms. The highest BCUT2D eigenvalue weighted by molar-refractivity contribution is 7.91. The van der Waals surface area contributed by atoms with Gasteiger partial charge in [0.2, 0.25) is 0 Å². The molecule has 1 saturated heterocycles. The van der Waals surface area contributed by atoms with E-state index in [1.807, 2.05) is 24.3 Å². The van der Waals surface area contributed by atoms with Crippen LogP contribution in [0, 0.1) is 0 Å². The van der Waals surface area contributed by atoms with Crippen LogP contribution in [-0.2, 0) is 16.4 Å². The van der Waals surface area contributed by atoms with Crippen molar-refractivity contribution in [2.24, 2.45) is 4.99 Å². The molecule has 2 aliphatic rings. The van der Waals surface area contributed by atoms with Crippen molar-refractivity contribution in [3.63, 3.8) is 0 Å². The van der Waals surface area contributed by atoms with Crippen molar-refractivity contribution in [3.8, 4) is 5.75 Å². The van der Waals surface area contributed by atoms with Crippen LogP contribution in [0.3, 0.4) is 0 Å². The Morgan fingerprint density at radius 1 is 1.24 bits per heavy atom. The number of guanidine groups is 1. The zero-order valence-electron chi connectivity index (χ0n) is 14.7. The van der Waals surface area contributed by atoms with Gasteiger partial charge in [-0.05, 0) is 38.2 Å². The Bertz CT molecular complexity index is 712.